The number of amides is 2. The van der Waals surface area contributed by atoms with Gasteiger partial charge in [0.15, 0.2) is 6.10 Å². The van der Waals surface area contributed by atoms with E-state index in [1.54, 1.807) is 6.92 Å². The Labute approximate surface area is 143 Å². The van der Waals surface area contributed by atoms with E-state index in [1.165, 1.54) is 19.2 Å². The quantitative estimate of drug-likeness (QED) is 0.554. The molecule has 0 bridgehead atoms. The van der Waals surface area contributed by atoms with E-state index in [2.05, 4.69) is 31.5 Å². The summed E-state index contributed by atoms with van der Waals surface area (Å²) in [7, 11) is 0. The number of ether oxygens (including phenoxy) is 1. The third-order valence-electron chi connectivity index (χ3n) is 2.86. The minimum atomic E-state index is -0.900. The van der Waals surface area contributed by atoms with Crippen LogP contribution in [-0.4, -0.2) is 35.4 Å². The molecular formula is C15H20BrN3O4. The first-order chi connectivity index (χ1) is 10.9. The van der Waals surface area contributed by atoms with Gasteiger partial charge in [-0.1, -0.05) is 13.3 Å². The van der Waals surface area contributed by atoms with E-state index in [0.29, 0.717) is 24.0 Å². The van der Waals surface area contributed by atoms with Gasteiger partial charge < -0.3 is 15.4 Å². The Bertz CT molecular complexity index is 592. The smallest absolute Gasteiger partial charge is 0.303 e. The fourth-order valence-corrected chi connectivity index (χ4v) is 2.22. The molecule has 1 heterocycles. The van der Waals surface area contributed by atoms with Crippen LogP contribution in [0.5, 0.6) is 0 Å². The van der Waals surface area contributed by atoms with Gasteiger partial charge in [-0.05, 0) is 35.3 Å². The van der Waals surface area contributed by atoms with Crippen molar-refractivity contribution in [2.45, 2.75) is 39.7 Å². The predicted octanol–water partition coefficient (Wildman–Crippen LogP) is 2.26. The number of anilines is 1. The van der Waals surface area contributed by atoms with Crippen molar-refractivity contribution < 1.29 is 19.1 Å². The lowest BCUT2D eigenvalue weighted by Crippen LogP contribution is -2.33. The first kappa shape index (κ1) is 19.1. The maximum absolute atomic E-state index is 12.3. The molecule has 0 aliphatic rings. The average molecular weight is 386 g/mol. The highest BCUT2D eigenvalue weighted by atomic mass is 79.9. The highest BCUT2D eigenvalue weighted by Crippen LogP contribution is 2.19. The number of nitrogens with one attached hydrogen (secondary N) is 2. The van der Waals surface area contributed by atoms with Crippen molar-refractivity contribution in [3.63, 3.8) is 0 Å². The normalized spacial score (nSPS) is 11.5. The van der Waals surface area contributed by atoms with Crippen molar-refractivity contribution in [3.8, 4) is 0 Å². The van der Waals surface area contributed by atoms with Crippen molar-refractivity contribution >= 4 is 39.4 Å². The number of halogens is 1. The van der Waals surface area contributed by atoms with Gasteiger partial charge in [0.2, 0.25) is 0 Å². The van der Waals surface area contributed by atoms with Gasteiger partial charge in [0, 0.05) is 13.5 Å². The topological polar surface area (TPSA) is 97.4 Å². The molecule has 1 unspecified atom stereocenters. The van der Waals surface area contributed by atoms with Crippen LogP contribution in [0.15, 0.2) is 16.9 Å². The summed E-state index contributed by atoms with van der Waals surface area (Å²) in [4.78, 5) is 39.5. The van der Waals surface area contributed by atoms with Crippen LogP contribution < -0.4 is 10.6 Å². The molecule has 1 aromatic heterocycles. The van der Waals surface area contributed by atoms with Crippen LogP contribution in [-0.2, 0) is 14.3 Å². The fourth-order valence-electron chi connectivity index (χ4n) is 1.89. The van der Waals surface area contributed by atoms with Crippen LogP contribution in [0.2, 0.25) is 0 Å². The number of pyridine rings is 1. The molecule has 0 aliphatic heterocycles. The number of carbonyl (C=O) groups excluding carboxylic acids is 3. The molecule has 8 heteroatoms. The highest BCUT2D eigenvalue weighted by Gasteiger charge is 2.23. The minimum absolute atomic E-state index is 0.261. The number of hydrogen-bond donors (Lipinski definition) is 2. The highest BCUT2D eigenvalue weighted by molar-refractivity contribution is 9.10. The third-order valence-corrected chi connectivity index (χ3v) is 3.30. The number of aromatic nitrogens is 1. The second-order valence-electron chi connectivity index (χ2n) is 4.79. The lowest BCUT2D eigenvalue weighted by Gasteiger charge is -2.17. The molecule has 0 radical (unpaired) electrons. The molecular weight excluding hydrogens is 366 g/mol. The zero-order valence-corrected chi connectivity index (χ0v) is 14.9. The van der Waals surface area contributed by atoms with Crippen LogP contribution in [0.3, 0.4) is 0 Å². The van der Waals surface area contributed by atoms with E-state index in [9.17, 15) is 14.4 Å². The van der Waals surface area contributed by atoms with Crippen LogP contribution in [0.25, 0.3) is 0 Å². The van der Waals surface area contributed by atoms with Crippen molar-refractivity contribution in [2.24, 2.45) is 0 Å². The molecule has 23 heavy (non-hydrogen) atoms. The summed E-state index contributed by atoms with van der Waals surface area (Å²) in [6.45, 7) is 5.38. The summed E-state index contributed by atoms with van der Waals surface area (Å²) in [5.41, 5.74) is 0.539. The summed E-state index contributed by atoms with van der Waals surface area (Å²) in [6, 6.07) is 1.52. The Kier molecular flexibility index (Phi) is 7.67. The monoisotopic (exact) mass is 385 g/mol. The molecule has 0 saturated heterocycles. The van der Waals surface area contributed by atoms with Gasteiger partial charge in [-0.15, -0.1) is 0 Å². The van der Waals surface area contributed by atoms with E-state index >= 15 is 0 Å². The van der Waals surface area contributed by atoms with Crippen LogP contribution >= 0.6 is 15.9 Å². The largest absolute Gasteiger partial charge is 0.452 e. The Balaban J connectivity index is 2.99. The van der Waals surface area contributed by atoms with Gasteiger partial charge >= 0.3 is 5.97 Å². The number of carbonyl (C=O) groups is 3. The number of nitrogens with zero attached hydrogens (tertiary/aromatic N) is 1. The Morgan fingerprint density at radius 2 is 2.04 bits per heavy atom. The third kappa shape index (κ3) is 5.97. The number of rotatable bonds is 7. The summed E-state index contributed by atoms with van der Waals surface area (Å²) < 4.78 is 5.49. The maximum Gasteiger partial charge on any atom is 0.303 e. The Morgan fingerprint density at radius 3 is 2.61 bits per heavy atom. The minimum Gasteiger partial charge on any atom is -0.452 e. The molecule has 0 spiro atoms. The predicted molar refractivity (Wildman–Crippen MR) is 89.0 cm³/mol. The van der Waals surface area contributed by atoms with Crippen LogP contribution in [0.4, 0.5) is 5.69 Å². The van der Waals surface area contributed by atoms with Gasteiger partial charge in [-0.25, -0.2) is 4.98 Å². The lowest BCUT2D eigenvalue weighted by atomic mass is 10.1. The fraction of sp³-hybridized carbons (Fsp3) is 0.467. The molecule has 1 rings (SSSR count). The van der Waals surface area contributed by atoms with Gasteiger partial charge in [0.25, 0.3) is 11.8 Å². The molecule has 1 aromatic rings. The summed E-state index contributed by atoms with van der Waals surface area (Å²) >= 11 is 3.20. The van der Waals surface area contributed by atoms with Crippen molar-refractivity contribution in [1.29, 1.82) is 0 Å². The SMILES string of the molecule is CCCC(OC(C)=O)C(=O)Nc1cnc(Br)cc1C(=O)NCC. The molecule has 7 nitrogen and oxygen atoms in total. The zero-order valence-electron chi connectivity index (χ0n) is 13.3. The number of esters is 1. The lowest BCUT2D eigenvalue weighted by molar-refractivity contribution is -0.152. The van der Waals surface area contributed by atoms with Gasteiger partial charge in [-0.2, -0.15) is 0 Å². The Hall–Kier alpha value is -1.96. The number of hydrogen-bond acceptors (Lipinski definition) is 5. The zero-order chi connectivity index (χ0) is 17.4. The van der Waals surface area contributed by atoms with Gasteiger partial charge in [0.05, 0.1) is 17.4 Å². The molecule has 0 saturated carbocycles. The Morgan fingerprint density at radius 1 is 1.35 bits per heavy atom. The van der Waals surface area contributed by atoms with Crippen molar-refractivity contribution in [2.75, 3.05) is 11.9 Å². The van der Waals surface area contributed by atoms with E-state index < -0.39 is 18.0 Å². The van der Waals surface area contributed by atoms with E-state index in [-0.39, 0.29) is 17.2 Å². The molecule has 0 aliphatic carbocycles. The molecule has 2 N–H and O–H groups in total. The summed E-state index contributed by atoms with van der Waals surface area (Å²) in [5, 5.41) is 5.27. The second-order valence-corrected chi connectivity index (χ2v) is 5.60. The second kappa shape index (κ2) is 9.24. The van der Waals surface area contributed by atoms with Gasteiger partial charge in [0.1, 0.15) is 4.60 Å². The van der Waals surface area contributed by atoms with E-state index in [4.69, 9.17) is 4.74 Å². The van der Waals surface area contributed by atoms with Crippen molar-refractivity contribution in [1.82, 2.24) is 10.3 Å². The maximum atomic E-state index is 12.3. The average Bonchev–Trinajstić information content (AvgIpc) is 2.48. The first-order valence-corrected chi connectivity index (χ1v) is 8.10. The van der Waals surface area contributed by atoms with Crippen molar-refractivity contribution in [3.05, 3.63) is 22.4 Å². The summed E-state index contributed by atoms with van der Waals surface area (Å²) in [5.74, 6) is -1.35. The van der Waals surface area contributed by atoms with Crippen LogP contribution in [0.1, 0.15) is 44.0 Å². The molecule has 2 amide bonds. The molecule has 126 valence electrons. The van der Waals surface area contributed by atoms with E-state index in [1.807, 2.05) is 6.92 Å². The first-order valence-electron chi connectivity index (χ1n) is 7.30. The van der Waals surface area contributed by atoms with Gasteiger partial charge in [-0.3, -0.25) is 14.4 Å². The summed E-state index contributed by atoms with van der Waals surface area (Å²) in [6.07, 6.45) is 1.55. The standard InChI is InChI=1S/C15H20BrN3O4/c1-4-6-12(23-9(3)20)15(22)19-11-8-18-13(16)7-10(11)14(21)17-5-2/h7-8,12H,4-6H2,1-3H3,(H,17,21)(H,19,22). The van der Waals surface area contributed by atoms with Crippen LogP contribution in [0, 0.1) is 0 Å². The molecule has 1 atom stereocenters. The van der Waals surface area contributed by atoms with E-state index in [0.717, 1.165) is 0 Å². The molecule has 0 aromatic carbocycles. The molecule has 0 fully saturated rings.